The van der Waals surface area contributed by atoms with Crippen LogP contribution in [0.2, 0.25) is 0 Å². The first-order valence-electron chi connectivity index (χ1n) is 27.8. The Bertz CT molecular complexity index is 3330. The molecule has 0 spiro atoms. The fourth-order valence-electron chi connectivity index (χ4n) is 11.1. The first-order valence-corrected chi connectivity index (χ1v) is 27.8. The smallest absolute Gasteiger partial charge is 0.253 e. The van der Waals surface area contributed by atoms with Gasteiger partial charge in [-0.1, -0.05) is 124 Å². The van der Waals surface area contributed by atoms with E-state index >= 15 is 0 Å². The zero-order chi connectivity index (χ0) is 56.4. The van der Waals surface area contributed by atoms with Crippen LogP contribution in [0.5, 0.6) is 5.75 Å². The molecular weight excluding hydrogens is 991 g/mol. The summed E-state index contributed by atoms with van der Waals surface area (Å²) in [5, 5.41) is 42.6. The molecule has 6 N–H and O–H groups in total. The van der Waals surface area contributed by atoms with Crippen LogP contribution in [0.3, 0.4) is 0 Å². The van der Waals surface area contributed by atoms with Crippen LogP contribution in [-0.2, 0) is 20.5 Å². The molecule has 0 aliphatic carbocycles. The highest BCUT2D eigenvalue weighted by Crippen LogP contribution is 2.51. The van der Waals surface area contributed by atoms with Crippen molar-refractivity contribution in [1.29, 1.82) is 0 Å². The molecule has 2 unspecified atom stereocenters. The number of carbonyl (C=O) groups excluding carboxylic acids is 3. The van der Waals surface area contributed by atoms with E-state index in [2.05, 4.69) is 163 Å². The van der Waals surface area contributed by atoms with Crippen LogP contribution >= 0.6 is 0 Å². The van der Waals surface area contributed by atoms with Gasteiger partial charge in [0.15, 0.2) is 11.8 Å². The molecule has 0 saturated heterocycles. The maximum atomic E-state index is 13.4. The van der Waals surface area contributed by atoms with Crippen LogP contribution in [0, 0.1) is 6.92 Å². The minimum atomic E-state index is -2.00. The van der Waals surface area contributed by atoms with Gasteiger partial charge in [0.25, 0.3) is 18.1 Å². The van der Waals surface area contributed by atoms with E-state index in [0.29, 0.717) is 53.1 Å². The van der Waals surface area contributed by atoms with E-state index in [9.17, 15) is 29.7 Å². The van der Waals surface area contributed by atoms with Gasteiger partial charge in [0, 0.05) is 86.2 Å². The van der Waals surface area contributed by atoms with E-state index in [1.807, 2.05) is 0 Å². The highest BCUT2D eigenvalue weighted by Gasteiger charge is 2.44. The van der Waals surface area contributed by atoms with E-state index in [1.165, 1.54) is 69.3 Å². The summed E-state index contributed by atoms with van der Waals surface area (Å²) in [6.07, 6.45) is 12.8. The molecule has 0 radical (unpaired) electrons. The average Bonchev–Trinajstić information content (AvgIpc) is 3.89. The fourth-order valence-corrected chi connectivity index (χ4v) is 11.1. The molecule has 13 heteroatoms. The minimum absolute atomic E-state index is 0.0716. The second kappa shape index (κ2) is 25.6. The van der Waals surface area contributed by atoms with E-state index in [0.717, 1.165) is 51.5 Å². The molecule has 3 amide bonds. The normalized spacial score (nSPS) is 15.8. The number of fused-ring (bicyclic) bond motifs is 6. The van der Waals surface area contributed by atoms with Gasteiger partial charge in [-0.25, -0.2) is 4.58 Å². The lowest BCUT2D eigenvalue weighted by molar-refractivity contribution is -0.577. The van der Waals surface area contributed by atoms with Crippen molar-refractivity contribution in [2.75, 3.05) is 38.6 Å². The van der Waals surface area contributed by atoms with Crippen LogP contribution in [0.1, 0.15) is 129 Å². The van der Waals surface area contributed by atoms with Crippen molar-refractivity contribution < 1.29 is 43.8 Å². The Kier molecular flexibility index (Phi) is 18.7. The highest BCUT2D eigenvalue weighted by molar-refractivity contribution is 6.11. The number of carbonyl (C=O) groups is 3. The van der Waals surface area contributed by atoms with Gasteiger partial charge < -0.3 is 45.6 Å². The van der Waals surface area contributed by atoms with Crippen molar-refractivity contribution >= 4 is 50.7 Å². The molecule has 6 aromatic rings. The Morgan fingerprint density at radius 3 is 2.06 bits per heavy atom. The molecule has 13 nitrogen and oxygen atoms in total. The number of hydrogen-bond acceptors (Lipinski definition) is 9. The number of allylic oxidation sites excluding steroid dienone is 6. The second-order valence-electron chi connectivity index (χ2n) is 21.8. The Labute approximate surface area is 465 Å². The van der Waals surface area contributed by atoms with Crippen molar-refractivity contribution in [2.45, 2.75) is 123 Å². The summed E-state index contributed by atoms with van der Waals surface area (Å²) < 4.78 is 13.1. The second-order valence-corrected chi connectivity index (χ2v) is 21.8. The zero-order valence-electron chi connectivity index (χ0n) is 47.1. The lowest BCUT2D eigenvalue weighted by Gasteiger charge is -2.27. The maximum Gasteiger partial charge on any atom is 0.253 e. The van der Waals surface area contributed by atoms with Crippen molar-refractivity contribution in [3.05, 3.63) is 179 Å². The third-order valence-corrected chi connectivity index (χ3v) is 15.5. The quantitative estimate of drug-likeness (QED) is 0.0149. The summed E-state index contributed by atoms with van der Waals surface area (Å²) in [6, 6.07) is 36.4. The number of ether oxygens (including phenoxy) is 2. The van der Waals surface area contributed by atoms with Gasteiger partial charge in [-0.3, -0.25) is 14.4 Å². The van der Waals surface area contributed by atoms with Gasteiger partial charge in [0.2, 0.25) is 17.9 Å². The predicted molar refractivity (Wildman–Crippen MR) is 316 cm³/mol. The maximum absolute atomic E-state index is 13.4. The van der Waals surface area contributed by atoms with E-state index in [-0.39, 0.29) is 28.7 Å². The molecular formula is C66H78N5O8+. The van der Waals surface area contributed by atoms with E-state index in [1.54, 1.807) is 43.3 Å². The number of aliphatic hydroxyl groups is 3. The fraction of sp³-hybridized carbons (Fsp3) is 0.364. The summed E-state index contributed by atoms with van der Waals surface area (Å²) in [5.74, 6) is -0.282. The Hall–Kier alpha value is -7.42. The van der Waals surface area contributed by atoms with Crippen LogP contribution in [0.25, 0.3) is 32.7 Å². The molecule has 2 atom stereocenters. The molecule has 0 saturated carbocycles. The largest absolute Gasteiger partial charge is 0.459 e. The predicted octanol–water partition coefficient (Wildman–Crippen LogP) is 10.8. The molecule has 2 heterocycles. The molecule has 414 valence electrons. The van der Waals surface area contributed by atoms with Crippen LogP contribution < -0.4 is 25.6 Å². The number of nitrogens with one attached hydrogen (secondary N) is 3. The van der Waals surface area contributed by atoms with Crippen molar-refractivity contribution in [1.82, 2.24) is 16.0 Å². The number of amides is 3. The van der Waals surface area contributed by atoms with Crippen molar-refractivity contribution in [3.63, 3.8) is 0 Å². The van der Waals surface area contributed by atoms with Crippen molar-refractivity contribution in [3.8, 4) is 16.9 Å². The van der Waals surface area contributed by atoms with Crippen LogP contribution in [0.4, 0.5) is 5.69 Å². The minimum Gasteiger partial charge on any atom is -0.459 e. The van der Waals surface area contributed by atoms with Gasteiger partial charge in [-0.2, -0.15) is 0 Å². The number of anilines is 1. The SMILES string of the molecule is CNC(=O)c1cc(C(=O)NCCCCCCNC(=O)CCCCCN2C(=CC=CC=CC3=[N+](C)C(C)(C)c4c3ccc3ccccc43)C(C)(C)c3ccc4ccccc4c32)cc(-c2ccc(OC(OC(C)O)C(O)O)c(C)c2)c1. The summed E-state index contributed by atoms with van der Waals surface area (Å²) in [7, 11) is 3.72. The monoisotopic (exact) mass is 1070 g/mol. The summed E-state index contributed by atoms with van der Waals surface area (Å²) in [4.78, 5) is 41.6. The average molecular weight is 1070 g/mol. The number of unbranched alkanes of at least 4 members (excludes halogenated alkanes) is 5. The van der Waals surface area contributed by atoms with Gasteiger partial charge in [0.05, 0.1) is 11.3 Å². The number of aliphatic hydroxyl groups excluding tert-OH is 2. The topological polar surface area (TPSA) is 173 Å². The molecule has 0 bridgehead atoms. The van der Waals surface area contributed by atoms with E-state index in [4.69, 9.17) is 9.47 Å². The summed E-state index contributed by atoms with van der Waals surface area (Å²) >= 11 is 0. The third-order valence-electron chi connectivity index (χ3n) is 15.5. The first-order chi connectivity index (χ1) is 37.9. The standard InChI is InChI=1S/C66H77N5O8/c1-43-39-47(32-35-56(43)79-64(63(76)77)78-44(2)72)48-40-49(61(74)67-7)42-50(41-48)62(75)69-37-21-10-9-20-36-68-58(73)29-15-12-22-38-71-57(65(3,4)54-34-31-46-24-17-19-26-52(46)60(54)71)28-14-11-13-27-55-53-33-30-45-23-16-18-25-51(45)59(53)66(5,6)70(55)8/h11,13-14,16-19,23-28,30-35,39-42,44,63-64,72,76-77H,9-10,12,15,20-22,29,36-38H2,1-8H3,(H2-,67,68,69,73,74,75)/p+1. The molecule has 79 heavy (non-hydrogen) atoms. The molecule has 8 rings (SSSR count). The number of rotatable bonds is 24. The molecule has 6 aromatic carbocycles. The highest BCUT2D eigenvalue weighted by atomic mass is 16.7. The summed E-state index contributed by atoms with van der Waals surface area (Å²) in [5.41, 5.74) is 9.99. The third kappa shape index (κ3) is 13.2. The molecule has 2 aliphatic heterocycles. The van der Waals surface area contributed by atoms with Gasteiger partial charge in [0.1, 0.15) is 12.8 Å². The van der Waals surface area contributed by atoms with Crippen molar-refractivity contribution in [2.24, 2.45) is 0 Å². The Morgan fingerprint density at radius 2 is 1.37 bits per heavy atom. The Morgan fingerprint density at radius 1 is 0.709 bits per heavy atom. The lowest BCUT2D eigenvalue weighted by atomic mass is 9.83. The number of nitrogens with zero attached hydrogens (tertiary/aromatic N) is 2. The van der Waals surface area contributed by atoms with E-state index < -0.39 is 18.9 Å². The van der Waals surface area contributed by atoms with Crippen LogP contribution in [0.15, 0.2) is 145 Å². The Balaban J connectivity index is 0.789. The van der Waals surface area contributed by atoms with Gasteiger partial charge in [-0.15, -0.1) is 0 Å². The molecule has 0 fully saturated rings. The number of benzene rings is 6. The summed E-state index contributed by atoms with van der Waals surface area (Å²) in [6.45, 7) is 14.2. The number of aryl methyl sites for hydroxylation is 1. The molecule has 2 aliphatic rings. The van der Waals surface area contributed by atoms with Gasteiger partial charge in [-0.05, 0) is 120 Å². The number of hydrogen-bond donors (Lipinski definition) is 6. The van der Waals surface area contributed by atoms with Gasteiger partial charge >= 0.3 is 0 Å². The zero-order valence-corrected chi connectivity index (χ0v) is 47.1. The first kappa shape index (κ1) is 57.7. The lowest BCUT2D eigenvalue weighted by Crippen LogP contribution is -2.37. The van der Waals surface area contributed by atoms with Crippen LogP contribution in [-0.4, -0.2) is 95.9 Å². The molecule has 0 aromatic heterocycles.